The number of ketones is 1. The lowest BCUT2D eigenvalue weighted by Gasteiger charge is -1.93. The van der Waals surface area contributed by atoms with Gasteiger partial charge in [0.05, 0.1) is 0 Å². The Labute approximate surface area is 96.5 Å². The Morgan fingerprint density at radius 1 is 1.50 bits per heavy atom. The molecule has 0 aliphatic carbocycles. The number of carbonyl (C=O) groups is 1. The van der Waals surface area contributed by atoms with Gasteiger partial charge in [-0.3, -0.25) is 4.79 Å². The molecular formula is C13H18N2O. The van der Waals surface area contributed by atoms with Crippen molar-refractivity contribution in [2.75, 3.05) is 0 Å². The molecule has 3 nitrogen and oxygen atoms in total. The second-order valence-electron chi connectivity index (χ2n) is 3.98. The summed E-state index contributed by atoms with van der Waals surface area (Å²) < 4.78 is 1.72. The summed E-state index contributed by atoms with van der Waals surface area (Å²) in [4.78, 5) is 11.4. The SMILES string of the molecule is CCC(=O)c1cc(C)n(/C=C\C=C(C)C)n1. The van der Waals surface area contributed by atoms with Crippen LogP contribution in [-0.2, 0) is 0 Å². The second kappa shape index (κ2) is 5.45. The Morgan fingerprint density at radius 2 is 2.19 bits per heavy atom. The first-order chi connectivity index (χ1) is 7.54. The van der Waals surface area contributed by atoms with E-state index >= 15 is 0 Å². The maximum absolute atomic E-state index is 11.4. The molecule has 1 aromatic rings. The van der Waals surface area contributed by atoms with Crippen molar-refractivity contribution in [3.8, 4) is 0 Å². The van der Waals surface area contributed by atoms with Crippen LogP contribution in [0.4, 0.5) is 0 Å². The molecule has 0 N–H and O–H groups in total. The Bertz CT molecular complexity index is 435. The summed E-state index contributed by atoms with van der Waals surface area (Å²) in [6.07, 6.45) is 6.28. The normalized spacial score (nSPS) is 10.8. The van der Waals surface area contributed by atoms with Gasteiger partial charge in [-0.2, -0.15) is 5.10 Å². The Hall–Kier alpha value is -1.64. The van der Waals surface area contributed by atoms with Crippen LogP contribution < -0.4 is 0 Å². The van der Waals surface area contributed by atoms with Crippen molar-refractivity contribution in [3.63, 3.8) is 0 Å². The quantitative estimate of drug-likeness (QED) is 0.574. The van der Waals surface area contributed by atoms with Crippen molar-refractivity contribution in [1.29, 1.82) is 0 Å². The van der Waals surface area contributed by atoms with Gasteiger partial charge in [-0.1, -0.05) is 18.6 Å². The third-order valence-electron chi connectivity index (χ3n) is 2.19. The van der Waals surface area contributed by atoms with Crippen LogP contribution in [0.3, 0.4) is 0 Å². The molecule has 1 aromatic heterocycles. The van der Waals surface area contributed by atoms with Crippen LogP contribution in [0.1, 0.15) is 43.4 Å². The largest absolute Gasteiger partial charge is 0.292 e. The van der Waals surface area contributed by atoms with Crippen molar-refractivity contribution in [1.82, 2.24) is 9.78 Å². The zero-order valence-electron chi connectivity index (χ0n) is 10.3. The number of hydrogen-bond donors (Lipinski definition) is 0. The molecule has 3 heteroatoms. The van der Waals surface area contributed by atoms with Gasteiger partial charge in [0.15, 0.2) is 5.78 Å². The number of carbonyl (C=O) groups excluding carboxylic acids is 1. The highest BCUT2D eigenvalue weighted by Crippen LogP contribution is 2.06. The first-order valence-electron chi connectivity index (χ1n) is 5.45. The number of hydrogen-bond acceptors (Lipinski definition) is 2. The van der Waals surface area contributed by atoms with Crippen molar-refractivity contribution >= 4 is 12.0 Å². The third-order valence-corrected chi connectivity index (χ3v) is 2.19. The zero-order chi connectivity index (χ0) is 12.1. The van der Waals surface area contributed by atoms with Crippen LogP contribution in [0.5, 0.6) is 0 Å². The van der Waals surface area contributed by atoms with Crippen LogP contribution >= 0.6 is 0 Å². The average Bonchev–Trinajstić information content (AvgIpc) is 2.59. The van der Waals surface area contributed by atoms with Gasteiger partial charge in [-0.25, -0.2) is 4.68 Å². The molecule has 0 saturated carbocycles. The lowest BCUT2D eigenvalue weighted by Crippen LogP contribution is -1.98. The van der Waals surface area contributed by atoms with Crippen LogP contribution in [0, 0.1) is 6.92 Å². The second-order valence-corrected chi connectivity index (χ2v) is 3.98. The number of rotatable bonds is 4. The molecule has 0 aliphatic heterocycles. The fraction of sp³-hybridized carbons (Fsp3) is 0.385. The van der Waals surface area contributed by atoms with Crippen LogP contribution in [0.2, 0.25) is 0 Å². The zero-order valence-corrected chi connectivity index (χ0v) is 10.3. The van der Waals surface area contributed by atoms with E-state index in [0.29, 0.717) is 12.1 Å². The maximum Gasteiger partial charge on any atom is 0.182 e. The highest BCUT2D eigenvalue weighted by molar-refractivity contribution is 5.94. The molecule has 0 atom stereocenters. The topological polar surface area (TPSA) is 34.9 Å². The van der Waals surface area contributed by atoms with Crippen LogP contribution in [-0.4, -0.2) is 15.6 Å². The van der Waals surface area contributed by atoms with Gasteiger partial charge >= 0.3 is 0 Å². The monoisotopic (exact) mass is 218 g/mol. The summed E-state index contributed by atoms with van der Waals surface area (Å²) in [5.41, 5.74) is 2.74. The van der Waals surface area contributed by atoms with E-state index < -0.39 is 0 Å². The Kier molecular flexibility index (Phi) is 4.23. The lowest BCUT2D eigenvalue weighted by atomic mass is 10.2. The predicted molar refractivity (Wildman–Crippen MR) is 66.3 cm³/mol. The van der Waals surface area contributed by atoms with E-state index in [-0.39, 0.29) is 5.78 Å². The van der Waals surface area contributed by atoms with E-state index in [1.54, 1.807) is 4.68 Å². The fourth-order valence-electron chi connectivity index (χ4n) is 1.27. The molecule has 1 rings (SSSR count). The van der Waals surface area contributed by atoms with Crippen molar-refractivity contribution in [2.24, 2.45) is 0 Å². The third kappa shape index (κ3) is 3.19. The summed E-state index contributed by atoms with van der Waals surface area (Å²) >= 11 is 0. The lowest BCUT2D eigenvalue weighted by molar-refractivity contribution is 0.0983. The van der Waals surface area contributed by atoms with E-state index in [9.17, 15) is 4.79 Å². The molecule has 0 aromatic carbocycles. The van der Waals surface area contributed by atoms with E-state index in [4.69, 9.17) is 0 Å². The van der Waals surface area contributed by atoms with Gasteiger partial charge in [-0.05, 0) is 32.9 Å². The van der Waals surface area contributed by atoms with E-state index in [2.05, 4.69) is 5.10 Å². The molecule has 0 aliphatic rings. The molecular weight excluding hydrogens is 200 g/mol. The minimum Gasteiger partial charge on any atom is -0.292 e. The molecule has 0 amide bonds. The number of nitrogens with zero attached hydrogens (tertiary/aromatic N) is 2. The first kappa shape index (κ1) is 12.4. The van der Waals surface area contributed by atoms with Gasteiger partial charge in [0.2, 0.25) is 0 Å². The molecule has 0 spiro atoms. The van der Waals surface area contributed by atoms with Crippen molar-refractivity contribution in [2.45, 2.75) is 34.1 Å². The highest BCUT2D eigenvalue weighted by Gasteiger charge is 2.08. The van der Waals surface area contributed by atoms with Crippen LogP contribution in [0.25, 0.3) is 6.20 Å². The highest BCUT2D eigenvalue weighted by atomic mass is 16.1. The number of Topliss-reactive ketones (excluding diaryl/α,β-unsaturated/α-hetero) is 1. The summed E-state index contributed by atoms with van der Waals surface area (Å²) in [6, 6.07) is 1.82. The number of aromatic nitrogens is 2. The van der Waals surface area contributed by atoms with Gasteiger partial charge in [-0.15, -0.1) is 0 Å². The van der Waals surface area contributed by atoms with Crippen molar-refractivity contribution in [3.05, 3.63) is 35.2 Å². The van der Waals surface area contributed by atoms with Crippen molar-refractivity contribution < 1.29 is 4.79 Å². The van der Waals surface area contributed by atoms with E-state index in [1.165, 1.54) is 5.57 Å². The molecule has 0 saturated heterocycles. The summed E-state index contributed by atoms with van der Waals surface area (Å²) in [5, 5.41) is 4.23. The molecule has 86 valence electrons. The fourth-order valence-corrected chi connectivity index (χ4v) is 1.27. The maximum atomic E-state index is 11.4. The van der Waals surface area contributed by atoms with E-state index in [0.717, 1.165) is 5.69 Å². The summed E-state index contributed by atoms with van der Waals surface area (Å²) in [6.45, 7) is 7.85. The Morgan fingerprint density at radius 3 is 2.75 bits per heavy atom. The number of aryl methyl sites for hydroxylation is 1. The Balaban J connectivity index is 2.90. The minimum absolute atomic E-state index is 0.0810. The van der Waals surface area contributed by atoms with Crippen LogP contribution in [0.15, 0.2) is 23.8 Å². The van der Waals surface area contributed by atoms with Gasteiger partial charge in [0.25, 0.3) is 0 Å². The number of allylic oxidation sites excluding steroid dienone is 3. The summed E-state index contributed by atoms with van der Waals surface area (Å²) in [5.74, 6) is 0.0810. The predicted octanol–water partition coefficient (Wildman–Crippen LogP) is 3.22. The smallest absolute Gasteiger partial charge is 0.182 e. The average molecular weight is 218 g/mol. The standard InChI is InChI=1S/C13H18N2O/c1-5-13(16)12-9-11(4)15(14-12)8-6-7-10(2)3/h6-9H,5H2,1-4H3/b8-6-. The van der Waals surface area contributed by atoms with Gasteiger partial charge < -0.3 is 0 Å². The molecule has 16 heavy (non-hydrogen) atoms. The molecule has 0 fully saturated rings. The summed E-state index contributed by atoms with van der Waals surface area (Å²) in [7, 11) is 0. The molecule has 0 unspecified atom stereocenters. The van der Waals surface area contributed by atoms with E-state index in [1.807, 2.05) is 52.1 Å². The minimum atomic E-state index is 0.0810. The van der Waals surface area contributed by atoms with Gasteiger partial charge in [0, 0.05) is 18.3 Å². The molecule has 1 heterocycles. The first-order valence-corrected chi connectivity index (χ1v) is 5.45. The molecule has 0 radical (unpaired) electrons. The molecule has 0 bridgehead atoms. The van der Waals surface area contributed by atoms with Gasteiger partial charge in [0.1, 0.15) is 5.69 Å².